The van der Waals surface area contributed by atoms with E-state index in [-0.39, 0.29) is 28.7 Å². The fourth-order valence-corrected chi connectivity index (χ4v) is 5.63. The second-order valence-corrected chi connectivity index (χ2v) is 9.96. The average Bonchev–Trinajstić information content (AvgIpc) is 3.27. The molecule has 40 heavy (non-hydrogen) atoms. The molecule has 5 rings (SSSR count). The van der Waals surface area contributed by atoms with Gasteiger partial charge in [-0.3, -0.25) is 14.2 Å². The number of fused-ring (bicyclic) bond motifs is 1. The number of methoxy groups -OCH3 is 3. The Bertz CT molecular complexity index is 1760. The Labute approximate surface area is 233 Å². The van der Waals surface area contributed by atoms with Crippen molar-refractivity contribution in [3.8, 4) is 23.0 Å². The van der Waals surface area contributed by atoms with Crippen molar-refractivity contribution < 1.29 is 24.1 Å². The lowest BCUT2D eigenvalue weighted by Crippen LogP contribution is -2.40. The maximum Gasteiger partial charge on any atom is 0.271 e. The summed E-state index contributed by atoms with van der Waals surface area (Å²) in [5, 5.41) is 13.2. The topological polar surface area (TPSA) is 111 Å². The first-order valence-corrected chi connectivity index (χ1v) is 13.1. The summed E-state index contributed by atoms with van der Waals surface area (Å²) in [5.41, 5.74) is 2.52. The average molecular weight is 558 g/mol. The minimum Gasteiger partial charge on any atom is -0.502 e. The SMILES string of the molecule is COc1ccc([C@@H]2C(C(=O)Nc3ccccc3)=C(C)N=c3s/c(=C/c4cc(OC)c(O)c(OC)c4)c(=O)n32)cc1. The van der Waals surface area contributed by atoms with Crippen LogP contribution in [0.2, 0.25) is 0 Å². The number of ether oxygens (including phenoxy) is 3. The number of carbonyl (C=O) groups is 1. The number of carbonyl (C=O) groups excluding carboxylic acids is 1. The van der Waals surface area contributed by atoms with E-state index in [0.717, 1.165) is 5.56 Å². The van der Waals surface area contributed by atoms with E-state index >= 15 is 0 Å². The number of phenols is 1. The Balaban J connectivity index is 1.68. The lowest BCUT2D eigenvalue weighted by atomic mass is 9.95. The van der Waals surface area contributed by atoms with E-state index in [1.54, 1.807) is 61.1 Å². The van der Waals surface area contributed by atoms with E-state index in [1.807, 2.05) is 30.3 Å². The number of nitrogens with one attached hydrogen (secondary N) is 1. The van der Waals surface area contributed by atoms with Gasteiger partial charge in [-0.1, -0.05) is 41.7 Å². The molecule has 1 atom stereocenters. The van der Waals surface area contributed by atoms with Crippen LogP contribution in [0.5, 0.6) is 23.0 Å². The molecule has 0 bridgehead atoms. The van der Waals surface area contributed by atoms with Gasteiger partial charge in [0, 0.05) is 5.69 Å². The van der Waals surface area contributed by atoms with Crippen LogP contribution in [-0.4, -0.2) is 36.9 Å². The number of amides is 1. The van der Waals surface area contributed by atoms with Crippen LogP contribution in [0.4, 0.5) is 5.69 Å². The number of allylic oxidation sites excluding steroid dienone is 1. The van der Waals surface area contributed by atoms with Crippen LogP contribution in [0.25, 0.3) is 6.08 Å². The minimum atomic E-state index is -0.725. The van der Waals surface area contributed by atoms with Gasteiger partial charge in [-0.05, 0) is 60.5 Å². The predicted octanol–water partition coefficient (Wildman–Crippen LogP) is 3.61. The van der Waals surface area contributed by atoms with Gasteiger partial charge < -0.3 is 24.6 Å². The van der Waals surface area contributed by atoms with E-state index in [0.29, 0.717) is 37.6 Å². The van der Waals surface area contributed by atoms with Crippen LogP contribution in [0.3, 0.4) is 0 Å². The van der Waals surface area contributed by atoms with Crippen LogP contribution >= 0.6 is 11.3 Å². The van der Waals surface area contributed by atoms with E-state index in [2.05, 4.69) is 10.3 Å². The summed E-state index contributed by atoms with van der Waals surface area (Å²) in [6.45, 7) is 1.77. The zero-order valence-electron chi connectivity index (χ0n) is 22.3. The zero-order valence-corrected chi connectivity index (χ0v) is 23.1. The molecule has 0 fully saturated rings. The molecular formula is C30H27N3O6S. The van der Waals surface area contributed by atoms with Crippen LogP contribution < -0.4 is 34.4 Å². The van der Waals surface area contributed by atoms with Gasteiger partial charge in [0.2, 0.25) is 5.75 Å². The molecule has 1 amide bonds. The van der Waals surface area contributed by atoms with Crippen LogP contribution in [0.15, 0.2) is 87.8 Å². The number of rotatable bonds is 7. The number of hydrogen-bond donors (Lipinski definition) is 2. The second-order valence-electron chi connectivity index (χ2n) is 8.95. The van der Waals surface area contributed by atoms with Gasteiger partial charge in [0.25, 0.3) is 11.5 Å². The molecule has 0 spiro atoms. The van der Waals surface area contributed by atoms with Gasteiger partial charge in [-0.15, -0.1) is 0 Å². The highest BCUT2D eigenvalue weighted by molar-refractivity contribution is 7.07. The number of aromatic nitrogens is 1. The summed E-state index contributed by atoms with van der Waals surface area (Å²) < 4.78 is 17.8. The summed E-state index contributed by atoms with van der Waals surface area (Å²) >= 11 is 1.21. The van der Waals surface area contributed by atoms with Gasteiger partial charge >= 0.3 is 0 Å². The first-order valence-electron chi connectivity index (χ1n) is 12.3. The third-order valence-corrected chi connectivity index (χ3v) is 7.51. The van der Waals surface area contributed by atoms with Crippen molar-refractivity contribution in [2.75, 3.05) is 26.6 Å². The Hall–Kier alpha value is -4.83. The molecule has 2 N–H and O–H groups in total. The van der Waals surface area contributed by atoms with Crippen molar-refractivity contribution in [3.63, 3.8) is 0 Å². The van der Waals surface area contributed by atoms with Crippen LogP contribution in [-0.2, 0) is 4.79 Å². The minimum absolute atomic E-state index is 0.132. The van der Waals surface area contributed by atoms with Crippen molar-refractivity contribution in [3.05, 3.63) is 109 Å². The molecule has 1 aliphatic heterocycles. The van der Waals surface area contributed by atoms with Crippen molar-refractivity contribution in [1.82, 2.24) is 4.57 Å². The second kappa shape index (κ2) is 11.1. The molecular weight excluding hydrogens is 530 g/mol. The normalized spacial score (nSPS) is 14.8. The monoisotopic (exact) mass is 557 g/mol. The van der Waals surface area contributed by atoms with Crippen molar-refractivity contribution >= 4 is 29.0 Å². The summed E-state index contributed by atoms with van der Waals surface area (Å²) in [4.78, 5) is 32.7. The molecule has 2 heterocycles. The van der Waals surface area contributed by atoms with Crippen molar-refractivity contribution in [2.24, 2.45) is 4.99 Å². The standard InChI is InChI=1S/C30H27N3O6S/c1-17-25(28(35)32-20-8-6-5-7-9-20)26(19-10-12-21(37-2)13-11-19)33-29(36)24(40-30(33)31-17)16-18-14-22(38-3)27(34)23(15-18)39-4/h5-16,26,34H,1-4H3,(H,32,35)/b24-16+/t26-/m1/s1. The van der Waals surface area contributed by atoms with E-state index in [1.165, 1.54) is 25.6 Å². The fraction of sp³-hybridized carbons (Fsp3) is 0.167. The maximum atomic E-state index is 13.9. The number of phenolic OH excluding ortho intramolecular Hbond substituents is 1. The number of benzene rings is 3. The Morgan fingerprint density at radius 3 is 2.25 bits per heavy atom. The summed E-state index contributed by atoms with van der Waals surface area (Å²) in [6.07, 6.45) is 1.68. The molecule has 1 aromatic heterocycles. The Morgan fingerprint density at radius 2 is 1.65 bits per heavy atom. The number of aromatic hydroxyl groups is 1. The highest BCUT2D eigenvalue weighted by atomic mass is 32.1. The molecule has 0 unspecified atom stereocenters. The summed E-state index contributed by atoms with van der Waals surface area (Å²) in [5.74, 6) is 0.598. The van der Waals surface area contributed by atoms with Gasteiger partial charge in [-0.25, -0.2) is 4.99 Å². The highest BCUT2D eigenvalue weighted by Crippen LogP contribution is 2.37. The first kappa shape index (κ1) is 26.8. The number of para-hydroxylation sites is 1. The number of anilines is 1. The zero-order chi connectivity index (χ0) is 28.4. The molecule has 0 saturated heterocycles. The molecule has 204 valence electrons. The van der Waals surface area contributed by atoms with Gasteiger partial charge in [0.1, 0.15) is 5.75 Å². The van der Waals surface area contributed by atoms with Gasteiger partial charge in [0.05, 0.1) is 43.2 Å². The largest absolute Gasteiger partial charge is 0.502 e. The first-order chi connectivity index (χ1) is 19.3. The Morgan fingerprint density at radius 1 is 1.00 bits per heavy atom. The summed E-state index contributed by atoms with van der Waals surface area (Å²) in [6, 6.07) is 18.9. The van der Waals surface area contributed by atoms with Crippen LogP contribution in [0.1, 0.15) is 24.1 Å². The lowest BCUT2D eigenvalue weighted by molar-refractivity contribution is -0.113. The number of hydrogen-bond acceptors (Lipinski definition) is 8. The molecule has 0 aliphatic carbocycles. The molecule has 1 aliphatic rings. The quantitative estimate of drug-likeness (QED) is 0.359. The van der Waals surface area contributed by atoms with E-state index < -0.39 is 6.04 Å². The lowest BCUT2D eigenvalue weighted by Gasteiger charge is -2.25. The van der Waals surface area contributed by atoms with Gasteiger partial charge in [0.15, 0.2) is 16.3 Å². The van der Waals surface area contributed by atoms with E-state index in [4.69, 9.17) is 14.2 Å². The van der Waals surface area contributed by atoms with Crippen LogP contribution in [0, 0.1) is 0 Å². The number of nitrogens with zero attached hydrogens (tertiary/aromatic N) is 2. The molecule has 3 aromatic carbocycles. The van der Waals surface area contributed by atoms with E-state index in [9.17, 15) is 14.7 Å². The van der Waals surface area contributed by atoms with Crippen molar-refractivity contribution in [2.45, 2.75) is 13.0 Å². The maximum absolute atomic E-state index is 13.9. The third-order valence-electron chi connectivity index (χ3n) is 6.53. The molecule has 0 saturated carbocycles. The smallest absolute Gasteiger partial charge is 0.271 e. The molecule has 4 aromatic rings. The molecule has 10 heteroatoms. The fourth-order valence-electron chi connectivity index (χ4n) is 4.58. The van der Waals surface area contributed by atoms with Gasteiger partial charge in [-0.2, -0.15) is 0 Å². The third kappa shape index (κ3) is 4.96. The highest BCUT2D eigenvalue weighted by Gasteiger charge is 2.32. The molecule has 0 radical (unpaired) electrons. The number of thiazole rings is 1. The summed E-state index contributed by atoms with van der Waals surface area (Å²) in [7, 11) is 4.45. The van der Waals surface area contributed by atoms with Crippen molar-refractivity contribution in [1.29, 1.82) is 0 Å². The Kier molecular flexibility index (Phi) is 7.43. The molecule has 9 nitrogen and oxygen atoms in total. The predicted molar refractivity (Wildman–Crippen MR) is 153 cm³/mol.